The molecule has 0 aromatic rings. The van der Waals surface area contributed by atoms with E-state index in [0.717, 1.165) is 44.4 Å². The van der Waals surface area contributed by atoms with Gasteiger partial charge in [0.15, 0.2) is 0 Å². The molecule has 1 N–H and O–H groups in total. The molecule has 2 nitrogen and oxygen atoms in total. The van der Waals surface area contributed by atoms with Crippen molar-refractivity contribution in [3.8, 4) is 6.07 Å². The van der Waals surface area contributed by atoms with Crippen LogP contribution in [-0.2, 0) is 0 Å². The molecule has 15 heavy (non-hydrogen) atoms. The second kappa shape index (κ2) is 3.49. The molecule has 0 heterocycles. The fraction of sp³-hybridized carbons (Fsp3) is 0.923. The van der Waals surface area contributed by atoms with Crippen LogP contribution in [0.15, 0.2) is 0 Å². The van der Waals surface area contributed by atoms with Crippen LogP contribution in [0.1, 0.15) is 52.4 Å². The van der Waals surface area contributed by atoms with Crippen molar-refractivity contribution in [1.82, 2.24) is 0 Å². The highest BCUT2D eigenvalue weighted by molar-refractivity contribution is 5.15. The normalized spacial score (nSPS) is 40.5. The second-order valence-corrected chi connectivity index (χ2v) is 5.80. The first-order valence-electron chi connectivity index (χ1n) is 6.15. The molecule has 0 aromatic carbocycles. The van der Waals surface area contributed by atoms with E-state index >= 15 is 0 Å². The summed E-state index contributed by atoms with van der Waals surface area (Å²) in [5.41, 5.74) is -1.21. The largest absolute Gasteiger partial charge is 0.388 e. The fourth-order valence-electron chi connectivity index (χ4n) is 3.02. The third-order valence-electron chi connectivity index (χ3n) is 4.68. The first-order chi connectivity index (χ1) is 7.02. The van der Waals surface area contributed by atoms with Gasteiger partial charge in [-0.1, -0.05) is 6.92 Å². The zero-order valence-electron chi connectivity index (χ0n) is 9.79. The molecule has 2 rings (SSSR count). The predicted molar refractivity (Wildman–Crippen MR) is 59.0 cm³/mol. The molecule has 0 aliphatic heterocycles. The number of rotatable bonds is 2. The van der Waals surface area contributed by atoms with Crippen molar-refractivity contribution in [2.75, 3.05) is 0 Å². The van der Waals surface area contributed by atoms with E-state index < -0.39 is 11.0 Å². The summed E-state index contributed by atoms with van der Waals surface area (Å²) in [5, 5.41) is 20.0. The van der Waals surface area contributed by atoms with Crippen LogP contribution in [-0.4, -0.2) is 10.7 Å². The van der Waals surface area contributed by atoms with Gasteiger partial charge in [0.2, 0.25) is 0 Å². The molecular formula is C13H21NO. The summed E-state index contributed by atoms with van der Waals surface area (Å²) in [6.07, 6.45) is 6.16. The maximum Gasteiger partial charge on any atom is 0.0860 e. The van der Waals surface area contributed by atoms with Gasteiger partial charge in [0.1, 0.15) is 0 Å². The SMILES string of the molecule is CC1CCC(C#N)(C(C)(O)C2CC2)CC1. The first kappa shape index (κ1) is 11.0. The van der Waals surface area contributed by atoms with Crippen LogP contribution in [0.5, 0.6) is 0 Å². The Kier molecular flexibility index (Phi) is 2.55. The molecule has 0 amide bonds. The molecule has 2 fully saturated rings. The third-order valence-corrected chi connectivity index (χ3v) is 4.68. The van der Waals surface area contributed by atoms with Crippen LogP contribution >= 0.6 is 0 Å². The Morgan fingerprint density at radius 1 is 1.27 bits per heavy atom. The van der Waals surface area contributed by atoms with Crippen LogP contribution < -0.4 is 0 Å². The standard InChI is InChI=1S/C13H21NO/c1-10-5-7-13(9-14,8-6-10)12(2,15)11-3-4-11/h10-11,15H,3-8H2,1-2H3. The first-order valence-corrected chi connectivity index (χ1v) is 6.15. The van der Waals surface area contributed by atoms with E-state index in [9.17, 15) is 10.4 Å². The maximum atomic E-state index is 10.6. The zero-order valence-corrected chi connectivity index (χ0v) is 9.79. The van der Waals surface area contributed by atoms with E-state index in [0.29, 0.717) is 5.92 Å². The number of hydrogen-bond acceptors (Lipinski definition) is 2. The molecule has 0 radical (unpaired) electrons. The Morgan fingerprint density at radius 3 is 2.20 bits per heavy atom. The van der Waals surface area contributed by atoms with Crippen LogP contribution in [0.25, 0.3) is 0 Å². The minimum Gasteiger partial charge on any atom is -0.388 e. The van der Waals surface area contributed by atoms with Gasteiger partial charge in [-0.3, -0.25) is 0 Å². The molecule has 0 spiro atoms. The molecular weight excluding hydrogens is 186 g/mol. The van der Waals surface area contributed by atoms with Crippen molar-refractivity contribution in [2.24, 2.45) is 17.3 Å². The van der Waals surface area contributed by atoms with E-state index in [1.807, 2.05) is 6.92 Å². The van der Waals surface area contributed by atoms with Crippen LogP contribution in [0.2, 0.25) is 0 Å². The number of nitrogens with zero attached hydrogens (tertiary/aromatic N) is 1. The summed E-state index contributed by atoms with van der Waals surface area (Å²) < 4.78 is 0. The van der Waals surface area contributed by atoms with Gasteiger partial charge < -0.3 is 5.11 Å². The Hall–Kier alpha value is -0.550. The molecule has 2 saturated carbocycles. The lowest BCUT2D eigenvalue weighted by atomic mass is 9.61. The minimum atomic E-state index is -0.748. The van der Waals surface area contributed by atoms with E-state index in [4.69, 9.17) is 0 Å². The van der Waals surface area contributed by atoms with Gasteiger partial charge >= 0.3 is 0 Å². The molecule has 2 aliphatic rings. The molecule has 2 aliphatic carbocycles. The van der Waals surface area contributed by atoms with E-state index in [1.165, 1.54) is 0 Å². The summed E-state index contributed by atoms with van der Waals surface area (Å²) >= 11 is 0. The summed E-state index contributed by atoms with van der Waals surface area (Å²) in [5.74, 6) is 1.10. The smallest absolute Gasteiger partial charge is 0.0860 e. The number of hydrogen-bond donors (Lipinski definition) is 1. The average molecular weight is 207 g/mol. The van der Waals surface area contributed by atoms with Crippen molar-refractivity contribution in [3.05, 3.63) is 0 Å². The number of nitriles is 1. The monoisotopic (exact) mass is 207 g/mol. The molecule has 1 unspecified atom stereocenters. The third kappa shape index (κ3) is 1.67. The van der Waals surface area contributed by atoms with Gasteiger partial charge in [0.05, 0.1) is 17.1 Å². The van der Waals surface area contributed by atoms with Gasteiger partial charge in [-0.05, 0) is 57.3 Å². The van der Waals surface area contributed by atoms with Crippen molar-refractivity contribution in [2.45, 2.75) is 58.0 Å². The predicted octanol–water partition coefficient (Wildman–Crippen LogP) is 2.87. The molecule has 0 saturated heterocycles. The van der Waals surface area contributed by atoms with Crippen LogP contribution in [0.4, 0.5) is 0 Å². The molecule has 0 bridgehead atoms. The molecule has 2 heteroatoms. The van der Waals surface area contributed by atoms with Gasteiger partial charge in [-0.25, -0.2) is 0 Å². The van der Waals surface area contributed by atoms with Crippen LogP contribution in [0, 0.1) is 28.6 Å². The van der Waals surface area contributed by atoms with E-state index in [1.54, 1.807) is 0 Å². The van der Waals surface area contributed by atoms with Gasteiger partial charge in [-0.2, -0.15) is 5.26 Å². The Bertz CT molecular complexity index is 277. The quantitative estimate of drug-likeness (QED) is 0.756. The van der Waals surface area contributed by atoms with Crippen molar-refractivity contribution < 1.29 is 5.11 Å². The molecule has 1 atom stereocenters. The maximum absolute atomic E-state index is 10.6. The second-order valence-electron chi connectivity index (χ2n) is 5.80. The highest BCUT2D eigenvalue weighted by Gasteiger charge is 2.56. The fourth-order valence-corrected chi connectivity index (χ4v) is 3.02. The Balaban J connectivity index is 2.18. The van der Waals surface area contributed by atoms with Gasteiger partial charge in [0, 0.05) is 0 Å². The Labute approximate surface area is 92.3 Å². The lowest BCUT2D eigenvalue weighted by molar-refractivity contribution is -0.0796. The van der Waals surface area contributed by atoms with Gasteiger partial charge in [-0.15, -0.1) is 0 Å². The highest BCUT2D eigenvalue weighted by Crippen LogP contribution is 2.54. The van der Waals surface area contributed by atoms with Crippen molar-refractivity contribution in [3.63, 3.8) is 0 Å². The van der Waals surface area contributed by atoms with E-state index in [-0.39, 0.29) is 0 Å². The highest BCUT2D eigenvalue weighted by atomic mass is 16.3. The molecule has 0 aromatic heterocycles. The minimum absolute atomic E-state index is 0.380. The summed E-state index contributed by atoms with van der Waals surface area (Å²) in [6, 6.07) is 2.45. The summed E-state index contributed by atoms with van der Waals surface area (Å²) in [7, 11) is 0. The lowest BCUT2D eigenvalue weighted by Gasteiger charge is -2.44. The summed E-state index contributed by atoms with van der Waals surface area (Å²) in [6.45, 7) is 4.14. The van der Waals surface area contributed by atoms with Crippen LogP contribution in [0.3, 0.4) is 0 Å². The summed E-state index contributed by atoms with van der Waals surface area (Å²) in [4.78, 5) is 0. The number of aliphatic hydroxyl groups is 1. The molecule has 84 valence electrons. The van der Waals surface area contributed by atoms with E-state index in [2.05, 4.69) is 13.0 Å². The lowest BCUT2D eigenvalue weighted by Crippen LogP contribution is -2.48. The zero-order chi connectivity index (χ0) is 11.1. The topological polar surface area (TPSA) is 44.0 Å². The Morgan fingerprint density at radius 2 is 1.80 bits per heavy atom. The van der Waals surface area contributed by atoms with Crippen molar-refractivity contribution >= 4 is 0 Å². The van der Waals surface area contributed by atoms with Crippen molar-refractivity contribution in [1.29, 1.82) is 5.26 Å². The van der Waals surface area contributed by atoms with Gasteiger partial charge in [0.25, 0.3) is 0 Å². The average Bonchev–Trinajstić information content (AvgIpc) is 3.02.